The first-order chi connectivity index (χ1) is 12.5. The van der Waals surface area contributed by atoms with Gasteiger partial charge in [0.05, 0.1) is 11.7 Å². The van der Waals surface area contributed by atoms with Gasteiger partial charge in [-0.15, -0.1) is 0 Å². The number of rotatable bonds is 4. The molecule has 1 heterocycles. The van der Waals surface area contributed by atoms with E-state index in [1.165, 1.54) is 6.33 Å². The Hall–Kier alpha value is -2.44. The Morgan fingerprint density at radius 1 is 1.23 bits per heavy atom. The average molecular weight is 386 g/mol. The summed E-state index contributed by atoms with van der Waals surface area (Å²) < 4.78 is 1.73. The summed E-state index contributed by atoms with van der Waals surface area (Å²) >= 11 is 11.7. The van der Waals surface area contributed by atoms with Crippen LogP contribution in [0, 0.1) is 6.92 Å². The van der Waals surface area contributed by atoms with Crippen LogP contribution >= 0.6 is 23.8 Å². The van der Waals surface area contributed by atoms with E-state index in [2.05, 4.69) is 34.5 Å². The number of halogens is 1. The molecule has 1 aromatic heterocycles. The fourth-order valence-electron chi connectivity index (χ4n) is 2.53. The molecule has 1 N–H and O–H groups in total. The van der Waals surface area contributed by atoms with Crippen LogP contribution in [0.5, 0.6) is 0 Å². The lowest BCUT2D eigenvalue weighted by molar-refractivity contribution is 0.408. The summed E-state index contributed by atoms with van der Waals surface area (Å²) in [6, 6.07) is 14.1. The highest BCUT2D eigenvalue weighted by molar-refractivity contribution is 7.80. The highest BCUT2D eigenvalue weighted by Crippen LogP contribution is 2.23. The lowest BCUT2D eigenvalue weighted by Gasteiger charge is -2.28. The molecule has 0 aliphatic carbocycles. The molecule has 0 unspecified atom stereocenters. The molecule has 0 aliphatic rings. The third-order valence-corrected chi connectivity index (χ3v) is 5.18. The zero-order chi connectivity index (χ0) is 18.7. The van der Waals surface area contributed by atoms with Crippen LogP contribution in [0.15, 0.2) is 55.1 Å². The second-order valence-corrected chi connectivity index (χ2v) is 6.91. The van der Waals surface area contributed by atoms with Gasteiger partial charge >= 0.3 is 0 Å². The highest BCUT2D eigenvalue weighted by Gasteiger charge is 2.15. The molecule has 134 valence electrons. The molecule has 0 aliphatic heterocycles. The van der Waals surface area contributed by atoms with Crippen LogP contribution < -0.4 is 5.32 Å². The van der Waals surface area contributed by atoms with Crippen LogP contribution in [0.2, 0.25) is 5.02 Å². The van der Waals surface area contributed by atoms with Crippen molar-refractivity contribution in [1.29, 1.82) is 0 Å². The second kappa shape index (κ2) is 7.85. The maximum absolute atomic E-state index is 6.18. The summed E-state index contributed by atoms with van der Waals surface area (Å²) in [4.78, 5) is 5.99. The van der Waals surface area contributed by atoms with Gasteiger partial charge in [0.1, 0.15) is 12.7 Å². The SMILES string of the molecule is Cc1ccc(NC(=S)N(C)[C@H](C)c2ccc(-n3cncn3)cc2)cc1Cl. The number of benzene rings is 2. The Morgan fingerprint density at radius 2 is 1.96 bits per heavy atom. The van der Waals surface area contributed by atoms with Crippen LogP contribution in [0.1, 0.15) is 24.1 Å². The summed E-state index contributed by atoms with van der Waals surface area (Å²) in [5.41, 5.74) is 4.04. The normalized spacial score (nSPS) is 11.8. The van der Waals surface area contributed by atoms with Gasteiger partial charge in [-0.3, -0.25) is 0 Å². The minimum Gasteiger partial charge on any atom is -0.345 e. The van der Waals surface area contributed by atoms with Gasteiger partial charge < -0.3 is 10.2 Å². The predicted molar refractivity (Wildman–Crippen MR) is 110 cm³/mol. The first-order valence-electron chi connectivity index (χ1n) is 8.20. The summed E-state index contributed by atoms with van der Waals surface area (Å²) in [5.74, 6) is 0. The molecule has 3 rings (SSSR count). The van der Waals surface area contributed by atoms with Crippen molar-refractivity contribution in [3.8, 4) is 5.69 Å². The Kier molecular flexibility index (Phi) is 5.54. The first-order valence-corrected chi connectivity index (χ1v) is 8.99. The number of thiocarbonyl (C=S) groups is 1. The van der Waals surface area contributed by atoms with Crippen molar-refractivity contribution in [2.75, 3.05) is 12.4 Å². The van der Waals surface area contributed by atoms with E-state index in [1.807, 2.05) is 49.2 Å². The molecule has 26 heavy (non-hydrogen) atoms. The molecule has 0 saturated carbocycles. The topological polar surface area (TPSA) is 46.0 Å². The fraction of sp³-hybridized carbons (Fsp3) is 0.211. The number of aromatic nitrogens is 3. The van der Waals surface area contributed by atoms with Crippen molar-refractivity contribution in [2.45, 2.75) is 19.9 Å². The van der Waals surface area contributed by atoms with Gasteiger partial charge in [-0.25, -0.2) is 9.67 Å². The molecule has 0 fully saturated rings. The molecule has 0 amide bonds. The molecule has 0 spiro atoms. The average Bonchev–Trinajstić information content (AvgIpc) is 3.18. The Balaban J connectivity index is 1.69. The fourth-order valence-corrected chi connectivity index (χ4v) is 2.99. The summed E-state index contributed by atoms with van der Waals surface area (Å²) in [6.07, 6.45) is 3.20. The number of hydrogen-bond donors (Lipinski definition) is 1. The second-order valence-electron chi connectivity index (χ2n) is 6.11. The summed E-state index contributed by atoms with van der Waals surface area (Å²) in [7, 11) is 1.97. The minimum absolute atomic E-state index is 0.112. The van der Waals surface area contributed by atoms with Crippen molar-refractivity contribution >= 4 is 34.6 Å². The van der Waals surface area contributed by atoms with Crippen LogP contribution in [-0.2, 0) is 0 Å². The van der Waals surface area contributed by atoms with E-state index in [0.717, 1.165) is 27.5 Å². The van der Waals surface area contributed by atoms with E-state index >= 15 is 0 Å². The van der Waals surface area contributed by atoms with Gasteiger partial charge in [0.2, 0.25) is 0 Å². The van der Waals surface area contributed by atoms with Crippen molar-refractivity contribution in [3.05, 3.63) is 71.3 Å². The molecule has 1 atom stereocenters. The van der Waals surface area contributed by atoms with Crippen molar-refractivity contribution in [2.24, 2.45) is 0 Å². The van der Waals surface area contributed by atoms with E-state index in [-0.39, 0.29) is 6.04 Å². The number of hydrogen-bond acceptors (Lipinski definition) is 3. The van der Waals surface area contributed by atoms with Crippen LogP contribution in [-0.4, -0.2) is 31.8 Å². The molecule has 0 radical (unpaired) electrons. The highest BCUT2D eigenvalue weighted by atomic mass is 35.5. The Labute approximate surface area is 163 Å². The molecular weight excluding hydrogens is 366 g/mol. The van der Waals surface area contributed by atoms with E-state index in [9.17, 15) is 0 Å². The maximum atomic E-state index is 6.18. The predicted octanol–water partition coefficient (Wildman–Crippen LogP) is 4.62. The first kappa shape index (κ1) is 18.4. The molecule has 0 bridgehead atoms. The van der Waals surface area contributed by atoms with Crippen LogP contribution in [0.3, 0.4) is 0 Å². The quantitative estimate of drug-likeness (QED) is 0.664. The monoisotopic (exact) mass is 385 g/mol. The molecule has 5 nitrogen and oxygen atoms in total. The van der Waals surface area contributed by atoms with Crippen molar-refractivity contribution < 1.29 is 0 Å². The van der Waals surface area contributed by atoms with Gasteiger partial charge in [0.15, 0.2) is 5.11 Å². The standard InChI is InChI=1S/C19H20ClN5S/c1-13-4-7-16(10-18(13)20)23-19(26)24(3)14(2)15-5-8-17(9-6-15)25-12-21-11-22-25/h4-12,14H,1-3H3,(H,23,26)/t14-/m1/s1. The Bertz CT molecular complexity index is 893. The molecule has 7 heteroatoms. The van der Waals surface area contributed by atoms with E-state index in [0.29, 0.717) is 5.11 Å². The molecule has 0 saturated heterocycles. The Morgan fingerprint density at radius 3 is 2.58 bits per heavy atom. The van der Waals surface area contributed by atoms with Crippen LogP contribution in [0.25, 0.3) is 5.69 Å². The number of nitrogens with zero attached hydrogens (tertiary/aromatic N) is 4. The zero-order valence-electron chi connectivity index (χ0n) is 14.8. The zero-order valence-corrected chi connectivity index (χ0v) is 16.4. The molecule has 3 aromatic rings. The van der Waals surface area contributed by atoms with E-state index in [4.69, 9.17) is 23.8 Å². The van der Waals surface area contributed by atoms with Crippen LogP contribution in [0.4, 0.5) is 5.69 Å². The largest absolute Gasteiger partial charge is 0.345 e. The smallest absolute Gasteiger partial charge is 0.173 e. The third kappa shape index (κ3) is 4.03. The minimum atomic E-state index is 0.112. The van der Waals surface area contributed by atoms with Gasteiger partial charge in [-0.05, 0) is 61.5 Å². The molecular formula is C19H20ClN5S. The lowest BCUT2D eigenvalue weighted by Crippen LogP contribution is -2.33. The van der Waals surface area contributed by atoms with Gasteiger partial charge in [-0.2, -0.15) is 5.10 Å². The molecule has 2 aromatic carbocycles. The van der Waals surface area contributed by atoms with Gasteiger partial charge in [0, 0.05) is 17.8 Å². The maximum Gasteiger partial charge on any atom is 0.173 e. The lowest BCUT2D eigenvalue weighted by atomic mass is 10.1. The summed E-state index contributed by atoms with van der Waals surface area (Å²) in [6.45, 7) is 4.09. The number of aryl methyl sites for hydroxylation is 1. The third-order valence-electron chi connectivity index (χ3n) is 4.38. The van der Waals surface area contributed by atoms with Crippen molar-refractivity contribution in [1.82, 2.24) is 19.7 Å². The van der Waals surface area contributed by atoms with Gasteiger partial charge in [0.25, 0.3) is 0 Å². The van der Waals surface area contributed by atoms with E-state index in [1.54, 1.807) is 11.0 Å². The van der Waals surface area contributed by atoms with E-state index < -0.39 is 0 Å². The summed E-state index contributed by atoms with van der Waals surface area (Å²) in [5, 5.41) is 8.74. The van der Waals surface area contributed by atoms with Crippen molar-refractivity contribution in [3.63, 3.8) is 0 Å². The number of anilines is 1. The number of nitrogens with one attached hydrogen (secondary N) is 1. The van der Waals surface area contributed by atoms with Gasteiger partial charge in [-0.1, -0.05) is 29.8 Å².